The average molecular weight is 210 g/mol. The maximum atomic E-state index is 13.1. The fourth-order valence-electron chi connectivity index (χ4n) is 2.05. The molecule has 0 bridgehead atoms. The third kappa shape index (κ3) is 1.96. The van der Waals surface area contributed by atoms with Gasteiger partial charge in [0.15, 0.2) is 0 Å². The molecule has 1 heterocycles. The summed E-state index contributed by atoms with van der Waals surface area (Å²) in [6.07, 6.45) is 1.49. The lowest BCUT2D eigenvalue weighted by molar-refractivity contribution is 0.0127. The molecular formula is C11H15FN2O. The summed E-state index contributed by atoms with van der Waals surface area (Å²) in [4.78, 5) is 0. The summed E-state index contributed by atoms with van der Waals surface area (Å²) in [5.41, 5.74) is 5.67. The van der Waals surface area contributed by atoms with E-state index in [0.29, 0.717) is 24.2 Å². The van der Waals surface area contributed by atoms with Crippen molar-refractivity contribution >= 4 is 5.69 Å². The van der Waals surface area contributed by atoms with Crippen LogP contribution in [0.5, 0.6) is 0 Å². The molecule has 1 aliphatic rings. The van der Waals surface area contributed by atoms with Gasteiger partial charge in [-0.25, -0.2) is 4.39 Å². The minimum Gasteiger partial charge on any atom is -0.398 e. The number of halogens is 1. The molecule has 0 spiro atoms. The fraction of sp³-hybridized carbons (Fsp3) is 0.455. The molecule has 4 heteroatoms. The Hall–Kier alpha value is -1.13. The van der Waals surface area contributed by atoms with Gasteiger partial charge in [0.2, 0.25) is 0 Å². The smallest absolute Gasteiger partial charge is 0.123 e. The molecule has 82 valence electrons. The number of β-amino-alcohol motifs (C(OH)–C–C–N with tert-alkyl or cyclic N) is 1. The Bertz CT molecular complexity index is 362. The molecule has 1 aliphatic heterocycles. The summed E-state index contributed by atoms with van der Waals surface area (Å²) in [6.45, 7) is 1.32. The zero-order chi connectivity index (χ0) is 10.9. The zero-order valence-electron chi connectivity index (χ0n) is 8.46. The minimum atomic E-state index is -1.02. The van der Waals surface area contributed by atoms with Gasteiger partial charge in [-0.3, -0.25) is 0 Å². The van der Waals surface area contributed by atoms with Gasteiger partial charge in [0.1, 0.15) is 11.4 Å². The van der Waals surface area contributed by atoms with E-state index in [4.69, 9.17) is 5.73 Å². The van der Waals surface area contributed by atoms with Crippen molar-refractivity contribution in [1.82, 2.24) is 5.32 Å². The number of anilines is 1. The van der Waals surface area contributed by atoms with Gasteiger partial charge in [-0.2, -0.15) is 0 Å². The number of nitrogens with two attached hydrogens (primary N) is 1. The summed E-state index contributed by atoms with van der Waals surface area (Å²) < 4.78 is 13.1. The number of hydrogen-bond donors (Lipinski definition) is 3. The van der Waals surface area contributed by atoms with Crippen LogP contribution < -0.4 is 11.1 Å². The maximum Gasteiger partial charge on any atom is 0.123 e. The van der Waals surface area contributed by atoms with Crippen molar-refractivity contribution in [2.24, 2.45) is 0 Å². The lowest BCUT2D eigenvalue weighted by Crippen LogP contribution is -2.43. The van der Waals surface area contributed by atoms with Crippen molar-refractivity contribution in [3.8, 4) is 0 Å². The maximum absolute atomic E-state index is 13.1. The Kier molecular flexibility index (Phi) is 2.63. The first-order chi connectivity index (χ1) is 7.12. The topological polar surface area (TPSA) is 58.3 Å². The summed E-state index contributed by atoms with van der Waals surface area (Å²) in [5.74, 6) is -0.363. The molecule has 1 aromatic rings. The summed E-state index contributed by atoms with van der Waals surface area (Å²) in [6, 6.07) is 4.12. The second-order valence-corrected chi connectivity index (χ2v) is 4.04. The number of benzene rings is 1. The number of aliphatic hydroxyl groups is 1. The molecule has 1 saturated heterocycles. The number of rotatable bonds is 1. The highest BCUT2D eigenvalue weighted by Gasteiger charge is 2.33. The Balaban J connectivity index is 2.38. The van der Waals surface area contributed by atoms with Crippen LogP contribution in [0.1, 0.15) is 18.4 Å². The van der Waals surface area contributed by atoms with Gasteiger partial charge in [-0.15, -0.1) is 0 Å². The molecule has 0 amide bonds. The van der Waals surface area contributed by atoms with Crippen LogP contribution in [0.15, 0.2) is 18.2 Å². The van der Waals surface area contributed by atoms with Crippen LogP contribution in [0, 0.1) is 5.82 Å². The van der Waals surface area contributed by atoms with Gasteiger partial charge in [0, 0.05) is 17.8 Å². The van der Waals surface area contributed by atoms with E-state index >= 15 is 0 Å². The monoisotopic (exact) mass is 210 g/mol. The van der Waals surface area contributed by atoms with Gasteiger partial charge in [0.25, 0.3) is 0 Å². The van der Waals surface area contributed by atoms with Gasteiger partial charge < -0.3 is 16.2 Å². The van der Waals surface area contributed by atoms with Crippen molar-refractivity contribution in [2.45, 2.75) is 18.4 Å². The van der Waals surface area contributed by atoms with E-state index in [1.54, 1.807) is 0 Å². The minimum absolute atomic E-state index is 0.363. The van der Waals surface area contributed by atoms with E-state index in [1.165, 1.54) is 18.2 Å². The van der Waals surface area contributed by atoms with Crippen LogP contribution in [0.2, 0.25) is 0 Å². The number of piperidine rings is 1. The van der Waals surface area contributed by atoms with Crippen LogP contribution in [0.3, 0.4) is 0 Å². The molecule has 0 aliphatic carbocycles. The Labute approximate surface area is 88.1 Å². The van der Waals surface area contributed by atoms with Crippen molar-refractivity contribution in [3.05, 3.63) is 29.6 Å². The molecule has 1 unspecified atom stereocenters. The highest BCUT2D eigenvalue weighted by Crippen LogP contribution is 2.32. The molecule has 15 heavy (non-hydrogen) atoms. The second-order valence-electron chi connectivity index (χ2n) is 4.04. The third-order valence-corrected chi connectivity index (χ3v) is 2.88. The van der Waals surface area contributed by atoms with Gasteiger partial charge in [-0.1, -0.05) is 0 Å². The largest absolute Gasteiger partial charge is 0.398 e. The van der Waals surface area contributed by atoms with E-state index < -0.39 is 5.60 Å². The van der Waals surface area contributed by atoms with Crippen molar-refractivity contribution in [2.75, 3.05) is 18.8 Å². The first-order valence-corrected chi connectivity index (χ1v) is 5.10. The van der Waals surface area contributed by atoms with E-state index in [-0.39, 0.29) is 5.82 Å². The average Bonchev–Trinajstić information content (AvgIpc) is 2.23. The highest BCUT2D eigenvalue weighted by molar-refractivity contribution is 5.50. The van der Waals surface area contributed by atoms with Crippen molar-refractivity contribution < 1.29 is 9.50 Å². The molecule has 0 aromatic heterocycles. The summed E-state index contributed by atoms with van der Waals surface area (Å²) in [7, 11) is 0. The standard InChI is InChI=1S/C11H15FN2O/c12-8-2-3-10(13)9(6-8)11(15)4-1-5-14-7-11/h2-3,6,14-15H,1,4-5,7,13H2. The number of nitrogen functional groups attached to an aromatic ring is 1. The lowest BCUT2D eigenvalue weighted by atomic mass is 9.85. The van der Waals surface area contributed by atoms with Gasteiger partial charge >= 0.3 is 0 Å². The van der Waals surface area contributed by atoms with Gasteiger partial charge in [-0.05, 0) is 37.6 Å². The molecular weight excluding hydrogens is 195 g/mol. The Morgan fingerprint density at radius 2 is 2.27 bits per heavy atom. The summed E-state index contributed by atoms with van der Waals surface area (Å²) in [5, 5.41) is 13.4. The summed E-state index contributed by atoms with van der Waals surface area (Å²) >= 11 is 0. The molecule has 4 N–H and O–H groups in total. The lowest BCUT2D eigenvalue weighted by Gasteiger charge is -2.33. The van der Waals surface area contributed by atoms with Crippen molar-refractivity contribution in [1.29, 1.82) is 0 Å². The number of hydrogen-bond acceptors (Lipinski definition) is 3. The molecule has 2 rings (SSSR count). The second kappa shape index (κ2) is 3.79. The fourth-order valence-corrected chi connectivity index (χ4v) is 2.05. The van der Waals surface area contributed by atoms with E-state index in [2.05, 4.69) is 5.32 Å². The normalized spacial score (nSPS) is 26.5. The van der Waals surface area contributed by atoms with Crippen molar-refractivity contribution in [3.63, 3.8) is 0 Å². The molecule has 0 radical (unpaired) electrons. The van der Waals surface area contributed by atoms with E-state index in [9.17, 15) is 9.50 Å². The van der Waals surface area contributed by atoms with Crippen LogP contribution >= 0.6 is 0 Å². The van der Waals surface area contributed by atoms with E-state index in [0.717, 1.165) is 13.0 Å². The van der Waals surface area contributed by atoms with Crippen LogP contribution in [-0.4, -0.2) is 18.2 Å². The first kappa shape index (κ1) is 10.4. The molecule has 1 aromatic carbocycles. The molecule has 1 fully saturated rings. The van der Waals surface area contributed by atoms with Crippen LogP contribution in [0.4, 0.5) is 10.1 Å². The molecule has 1 atom stereocenters. The quantitative estimate of drug-likeness (QED) is 0.605. The number of nitrogens with one attached hydrogen (secondary N) is 1. The Morgan fingerprint density at radius 1 is 1.47 bits per heavy atom. The Morgan fingerprint density at radius 3 is 2.93 bits per heavy atom. The van der Waals surface area contributed by atoms with Crippen LogP contribution in [0.25, 0.3) is 0 Å². The van der Waals surface area contributed by atoms with E-state index in [1.807, 2.05) is 0 Å². The highest BCUT2D eigenvalue weighted by atomic mass is 19.1. The SMILES string of the molecule is Nc1ccc(F)cc1C1(O)CCCNC1. The predicted molar refractivity (Wildman–Crippen MR) is 56.8 cm³/mol. The third-order valence-electron chi connectivity index (χ3n) is 2.88. The molecule has 0 saturated carbocycles. The molecule has 3 nitrogen and oxygen atoms in total. The van der Waals surface area contributed by atoms with Gasteiger partial charge in [0.05, 0.1) is 0 Å². The predicted octanol–water partition coefficient (Wildman–Crippen LogP) is 0.979. The first-order valence-electron chi connectivity index (χ1n) is 5.10. The van der Waals surface area contributed by atoms with Crippen LogP contribution in [-0.2, 0) is 5.60 Å². The zero-order valence-corrected chi connectivity index (χ0v) is 8.46.